The second-order valence-corrected chi connectivity index (χ2v) is 4.14. The van der Waals surface area contributed by atoms with Crippen LogP contribution in [0.1, 0.15) is 52.4 Å². The summed E-state index contributed by atoms with van der Waals surface area (Å²) in [6, 6.07) is -0.262. The van der Waals surface area contributed by atoms with Crippen molar-refractivity contribution in [3.8, 4) is 0 Å². The Kier molecular flexibility index (Phi) is 9.11. The van der Waals surface area contributed by atoms with E-state index in [9.17, 15) is 9.59 Å². The average molecular weight is 240 g/mol. The monoisotopic (exact) mass is 240 g/mol. The first-order chi connectivity index (χ1) is 8.10. The van der Waals surface area contributed by atoms with E-state index in [4.69, 9.17) is 5.73 Å². The Labute approximate surface area is 104 Å². The van der Waals surface area contributed by atoms with Gasteiger partial charge in [0.25, 0.3) is 0 Å². The van der Waals surface area contributed by atoms with Gasteiger partial charge >= 0.3 is 0 Å². The van der Waals surface area contributed by atoms with E-state index in [1.165, 1.54) is 0 Å². The topological polar surface area (TPSA) is 72.2 Å². The summed E-state index contributed by atoms with van der Waals surface area (Å²) in [5.74, 6) is -0.407. The summed E-state index contributed by atoms with van der Waals surface area (Å²) < 4.78 is 0. The molecule has 0 rings (SSSR count). The minimum Gasteiger partial charge on any atom is -0.370 e. The van der Waals surface area contributed by atoms with E-state index in [1.54, 1.807) is 0 Å². The number of hydrogen-bond acceptors (Lipinski definition) is 2. The Bertz CT molecular complexity index is 262. The minimum atomic E-state index is -0.399. The molecule has 98 valence electrons. The summed E-state index contributed by atoms with van der Waals surface area (Å²) in [4.78, 5) is 22.4. The maximum absolute atomic E-state index is 11.6. The van der Waals surface area contributed by atoms with E-state index in [1.807, 2.05) is 19.1 Å². The number of allylic oxidation sites excluding steroid dienone is 1. The normalized spacial score (nSPS) is 12.6. The van der Waals surface area contributed by atoms with Crippen LogP contribution in [0.4, 0.5) is 0 Å². The number of unbranched alkanes of at least 4 members (excludes halogenated alkanes) is 2. The summed E-state index contributed by atoms with van der Waals surface area (Å²) in [5.41, 5.74) is 5.14. The molecule has 0 spiro atoms. The molecule has 0 aliphatic rings. The van der Waals surface area contributed by atoms with Gasteiger partial charge in [-0.3, -0.25) is 9.59 Å². The Morgan fingerprint density at radius 2 is 2.00 bits per heavy atom. The lowest BCUT2D eigenvalue weighted by atomic mass is 10.1. The van der Waals surface area contributed by atoms with Crippen molar-refractivity contribution in [3.63, 3.8) is 0 Å². The molecule has 0 aromatic rings. The third-order valence-electron chi connectivity index (χ3n) is 2.38. The van der Waals surface area contributed by atoms with Gasteiger partial charge in [-0.05, 0) is 12.8 Å². The van der Waals surface area contributed by atoms with E-state index in [0.717, 1.165) is 25.7 Å². The van der Waals surface area contributed by atoms with E-state index in [-0.39, 0.29) is 18.4 Å². The minimum absolute atomic E-state index is 0.00884. The fourth-order valence-electron chi connectivity index (χ4n) is 1.50. The average Bonchev–Trinajstić information content (AvgIpc) is 2.25. The van der Waals surface area contributed by atoms with Crippen molar-refractivity contribution in [3.05, 3.63) is 12.2 Å². The predicted octanol–water partition coefficient (Wildman–Crippen LogP) is 1.89. The standard InChI is InChI=1S/C13H24N2O2/c1-3-5-7-9-13(17)15-11(8-6-4-2)10-12(14)16/h6,8,11H,3-5,7,9-10H2,1-2H3,(H2,14,16)(H,15,17)/b8-6+. The van der Waals surface area contributed by atoms with Crippen LogP contribution in [0.3, 0.4) is 0 Å². The first-order valence-electron chi connectivity index (χ1n) is 6.34. The second kappa shape index (κ2) is 9.87. The van der Waals surface area contributed by atoms with Gasteiger partial charge in [-0.1, -0.05) is 38.8 Å². The Hall–Kier alpha value is -1.32. The Balaban J connectivity index is 4.08. The number of primary amides is 1. The van der Waals surface area contributed by atoms with Crippen molar-refractivity contribution in [1.82, 2.24) is 5.32 Å². The number of rotatable bonds is 9. The molecule has 0 bridgehead atoms. The first kappa shape index (κ1) is 15.7. The fraction of sp³-hybridized carbons (Fsp3) is 0.692. The van der Waals surface area contributed by atoms with E-state index < -0.39 is 5.91 Å². The number of carbonyl (C=O) groups is 2. The molecular weight excluding hydrogens is 216 g/mol. The first-order valence-corrected chi connectivity index (χ1v) is 6.34. The van der Waals surface area contributed by atoms with Crippen LogP contribution < -0.4 is 11.1 Å². The van der Waals surface area contributed by atoms with Gasteiger partial charge in [0.15, 0.2) is 0 Å². The third-order valence-corrected chi connectivity index (χ3v) is 2.38. The highest BCUT2D eigenvalue weighted by Gasteiger charge is 2.11. The van der Waals surface area contributed by atoms with Crippen molar-refractivity contribution in [2.24, 2.45) is 5.73 Å². The van der Waals surface area contributed by atoms with Crippen molar-refractivity contribution < 1.29 is 9.59 Å². The van der Waals surface area contributed by atoms with Gasteiger partial charge < -0.3 is 11.1 Å². The maximum Gasteiger partial charge on any atom is 0.220 e. The molecule has 4 nitrogen and oxygen atoms in total. The van der Waals surface area contributed by atoms with Gasteiger partial charge in [-0.15, -0.1) is 0 Å². The Morgan fingerprint density at radius 3 is 2.53 bits per heavy atom. The number of carbonyl (C=O) groups excluding carboxylic acids is 2. The lowest BCUT2D eigenvalue weighted by Gasteiger charge is -2.13. The number of nitrogens with two attached hydrogens (primary N) is 1. The SMILES string of the molecule is CC/C=C/C(CC(N)=O)NC(=O)CCCCC. The zero-order valence-electron chi connectivity index (χ0n) is 10.9. The van der Waals surface area contributed by atoms with Crippen molar-refractivity contribution in [2.45, 2.75) is 58.4 Å². The molecule has 0 aromatic carbocycles. The van der Waals surface area contributed by atoms with E-state index in [0.29, 0.717) is 6.42 Å². The predicted molar refractivity (Wildman–Crippen MR) is 69.3 cm³/mol. The van der Waals surface area contributed by atoms with E-state index in [2.05, 4.69) is 12.2 Å². The molecule has 0 aromatic heterocycles. The summed E-state index contributed by atoms with van der Waals surface area (Å²) in [6.45, 7) is 4.10. The van der Waals surface area contributed by atoms with Gasteiger partial charge in [0, 0.05) is 6.42 Å². The molecule has 2 amide bonds. The highest BCUT2D eigenvalue weighted by Crippen LogP contribution is 2.01. The molecule has 0 saturated heterocycles. The fourth-order valence-corrected chi connectivity index (χ4v) is 1.50. The summed E-state index contributed by atoms with van der Waals surface area (Å²) in [6.07, 6.45) is 8.36. The van der Waals surface area contributed by atoms with Crippen LogP contribution in [0.25, 0.3) is 0 Å². The maximum atomic E-state index is 11.6. The highest BCUT2D eigenvalue weighted by atomic mass is 16.2. The largest absolute Gasteiger partial charge is 0.370 e. The molecule has 0 fully saturated rings. The van der Waals surface area contributed by atoms with Gasteiger partial charge in [0.1, 0.15) is 0 Å². The van der Waals surface area contributed by atoms with Gasteiger partial charge in [0.05, 0.1) is 12.5 Å². The van der Waals surface area contributed by atoms with Crippen LogP contribution in [0.2, 0.25) is 0 Å². The molecule has 3 N–H and O–H groups in total. The van der Waals surface area contributed by atoms with Crippen molar-refractivity contribution in [2.75, 3.05) is 0 Å². The molecule has 1 atom stereocenters. The van der Waals surface area contributed by atoms with Crippen LogP contribution >= 0.6 is 0 Å². The number of amides is 2. The molecule has 0 radical (unpaired) electrons. The van der Waals surface area contributed by atoms with Crippen LogP contribution in [-0.4, -0.2) is 17.9 Å². The van der Waals surface area contributed by atoms with Crippen molar-refractivity contribution in [1.29, 1.82) is 0 Å². The van der Waals surface area contributed by atoms with E-state index >= 15 is 0 Å². The molecule has 1 unspecified atom stereocenters. The molecule has 4 heteroatoms. The van der Waals surface area contributed by atoms with Gasteiger partial charge in [-0.25, -0.2) is 0 Å². The van der Waals surface area contributed by atoms with Gasteiger partial charge in [0.2, 0.25) is 11.8 Å². The zero-order chi connectivity index (χ0) is 13.1. The quantitative estimate of drug-likeness (QED) is 0.477. The lowest BCUT2D eigenvalue weighted by molar-refractivity contribution is -0.122. The summed E-state index contributed by atoms with van der Waals surface area (Å²) in [5, 5.41) is 2.82. The smallest absolute Gasteiger partial charge is 0.220 e. The summed E-state index contributed by atoms with van der Waals surface area (Å²) in [7, 11) is 0. The molecule has 17 heavy (non-hydrogen) atoms. The van der Waals surface area contributed by atoms with Crippen LogP contribution in [0.15, 0.2) is 12.2 Å². The van der Waals surface area contributed by atoms with Crippen LogP contribution in [-0.2, 0) is 9.59 Å². The van der Waals surface area contributed by atoms with Crippen molar-refractivity contribution >= 4 is 11.8 Å². The molecule has 0 aliphatic carbocycles. The zero-order valence-corrected chi connectivity index (χ0v) is 10.9. The molecule has 0 saturated carbocycles. The molecule has 0 aliphatic heterocycles. The third kappa shape index (κ3) is 9.60. The molecular formula is C13H24N2O2. The molecule has 0 heterocycles. The second-order valence-electron chi connectivity index (χ2n) is 4.14. The van der Waals surface area contributed by atoms with Crippen LogP contribution in [0, 0.1) is 0 Å². The van der Waals surface area contributed by atoms with Crippen LogP contribution in [0.5, 0.6) is 0 Å². The number of hydrogen-bond donors (Lipinski definition) is 2. The lowest BCUT2D eigenvalue weighted by Crippen LogP contribution is -2.36. The highest BCUT2D eigenvalue weighted by molar-refractivity contribution is 5.79. The Morgan fingerprint density at radius 1 is 1.29 bits per heavy atom. The number of nitrogens with one attached hydrogen (secondary N) is 1. The summed E-state index contributed by atoms with van der Waals surface area (Å²) >= 11 is 0. The van der Waals surface area contributed by atoms with Gasteiger partial charge in [-0.2, -0.15) is 0 Å².